The van der Waals surface area contributed by atoms with Gasteiger partial charge in [0, 0.05) is 12.4 Å². The summed E-state index contributed by atoms with van der Waals surface area (Å²) in [5.74, 6) is 0.649. The molecule has 0 saturated carbocycles. The number of pyridine rings is 2. The number of rotatable bonds is 2. The fraction of sp³-hybridized carbons (Fsp3) is 0. The van der Waals surface area contributed by atoms with Crippen molar-refractivity contribution in [3.05, 3.63) is 73.1 Å². The minimum atomic E-state index is 0. The first kappa shape index (κ1) is 21.3. The molecule has 0 unspecified atom stereocenters. The topological polar surface area (TPSA) is 103 Å². The molecule has 2 heterocycles. The van der Waals surface area contributed by atoms with Gasteiger partial charge in [0.2, 0.25) is 0 Å². The highest BCUT2D eigenvalue weighted by molar-refractivity contribution is 5.85. The minimum Gasteiger partial charge on any atom is -0.384 e. The number of nitrogens with two attached hydrogens (primary N) is 2. The zero-order valence-electron chi connectivity index (χ0n) is 12.7. The molecule has 0 spiro atoms. The summed E-state index contributed by atoms with van der Waals surface area (Å²) in [6.07, 6.45) is 3.50. The van der Waals surface area contributed by atoms with E-state index in [4.69, 9.17) is 11.5 Å². The van der Waals surface area contributed by atoms with Gasteiger partial charge in [0.15, 0.2) is 5.82 Å². The predicted octanol–water partition coefficient (Wildman–Crippen LogP) is 4.59. The molecule has 0 aliphatic heterocycles. The van der Waals surface area contributed by atoms with Crippen molar-refractivity contribution >= 4 is 47.8 Å². The smallest absolute Gasteiger partial charge is 0.153 e. The number of hydrogen-bond donors (Lipinski definition) is 2. The summed E-state index contributed by atoms with van der Waals surface area (Å²) >= 11 is 0. The van der Waals surface area contributed by atoms with Crippen LogP contribution in [-0.4, -0.2) is 9.97 Å². The van der Waals surface area contributed by atoms with Crippen LogP contribution in [0.3, 0.4) is 0 Å². The number of hydrogen-bond acceptors (Lipinski definition) is 6. The van der Waals surface area contributed by atoms with Crippen molar-refractivity contribution in [2.24, 2.45) is 10.2 Å². The molecule has 126 valence electrons. The van der Waals surface area contributed by atoms with Crippen LogP contribution in [0.2, 0.25) is 0 Å². The third-order valence-electron chi connectivity index (χ3n) is 2.52. The summed E-state index contributed by atoms with van der Waals surface area (Å²) in [4.78, 5) is 7.67. The van der Waals surface area contributed by atoms with Crippen molar-refractivity contribution in [2.75, 3.05) is 11.5 Å². The molecule has 0 radical (unpaired) electrons. The summed E-state index contributed by atoms with van der Waals surface area (Å²) in [6.45, 7) is 0. The first-order valence-corrected chi connectivity index (χ1v) is 6.59. The van der Waals surface area contributed by atoms with Crippen molar-refractivity contribution in [1.29, 1.82) is 0 Å². The zero-order chi connectivity index (χ0) is 15.6. The fourth-order valence-electron chi connectivity index (χ4n) is 1.49. The van der Waals surface area contributed by atoms with E-state index in [1.807, 2.05) is 48.5 Å². The highest BCUT2D eigenvalue weighted by Gasteiger charge is 1.98. The minimum absolute atomic E-state index is 0. The van der Waals surface area contributed by atoms with E-state index in [1.54, 1.807) is 24.5 Å². The van der Waals surface area contributed by atoms with Gasteiger partial charge in [-0.05, 0) is 36.4 Å². The summed E-state index contributed by atoms with van der Waals surface area (Å²) in [7, 11) is 0. The van der Waals surface area contributed by atoms with Gasteiger partial charge in [-0.15, -0.1) is 29.9 Å². The molecule has 1 aromatic carbocycles. The Kier molecular flexibility index (Phi) is 10.5. The molecular weight excluding hydrogens is 347 g/mol. The van der Waals surface area contributed by atoms with Crippen LogP contribution >= 0.6 is 24.8 Å². The highest BCUT2D eigenvalue weighted by Crippen LogP contribution is 2.23. The van der Waals surface area contributed by atoms with Gasteiger partial charge in [0.1, 0.15) is 11.5 Å². The molecule has 4 N–H and O–H groups in total. The van der Waals surface area contributed by atoms with Crippen molar-refractivity contribution < 1.29 is 0 Å². The molecule has 3 aromatic rings. The maximum atomic E-state index is 5.64. The standard InChI is InChI=1S/C11H11N5.C5H5N.2ClH/c12-10-7-6-9(11(13)14-10)16-15-8-4-2-1-3-5-8;1-2-4-6-5-3-1;;/h1-7H,(H4,12,13,14);1-5H;2*1H. The number of halogens is 2. The average Bonchev–Trinajstić information content (AvgIpc) is 2.57. The third kappa shape index (κ3) is 7.53. The number of anilines is 2. The lowest BCUT2D eigenvalue weighted by Gasteiger charge is -1.98. The normalized spacial score (nSPS) is 9.17. The van der Waals surface area contributed by atoms with Crippen LogP contribution in [0.4, 0.5) is 23.0 Å². The van der Waals surface area contributed by atoms with E-state index < -0.39 is 0 Å². The Bertz CT molecular complexity index is 696. The summed E-state index contributed by atoms with van der Waals surface area (Å²) in [6, 6.07) is 18.4. The molecule has 0 aliphatic rings. The van der Waals surface area contributed by atoms with Crippen molar-refractivity contribution in [3.8, 4) is 0 Å². The number of azo groups is 1. The fourth-order valence-corrected chi connectivity index (χ4v) is 1.49. The molecule has 0 atom stereocenters. The molecule has 0 amide bonds. The van der Waals surface area contributed by atoms with E-state index in [-0.39, 0.29) is 30.6 Å². The SMILES string of the molecule is Cl.Cl.Nc1ccc(N=Nc2ccccc2)c(N)n1.c1ccncc1. The van der Waals surface area contributed by atoms with E-state index in [9.17, 15) is 0 Å². The maximum absolute atomic E-state index is 5.64. The second-order valence-corrected chi connectivity index (χ2v) is 4.20. The van der Waals surface area contributed by atoms with E-state index in [0.717, 1.165) is 5.69 Å². The Morgan fingerprint density at radius 2 is 1.33 bits per heavy atom. The van der Waals surface area contributed by atoms with Gasteiger partial charge in [0.25, 0.3) is 0 Å². The molecule has 2 aromatic heterocycles. The molecule has 3 rings (SSSR count). The van der Waals surface area contributed by atoms with Gasteiger partial charge in [0.05, 0.1) is 5.69 Å². The van der Waals surface area contributed by atoms with Crippen molar-refractivity contribution in [2.45, 2.75) is 0 Å². The van der Waals surface area contributed by atoms with E-state index >= 15 is 0 Å². The Labute approximate surface area is 152 Å². The van der Waals surface area contributed by atoms with E-state index in [0.29, 0.717) is 11.5 Å². The number of aromatic nitrogens is 2. The van der Waals surface area contributed by atoms with Gasteiger partial charge in [-0.3, -0.25) is 4.98 Å². The zero-order valence-corrected chi connectivity index (χ0v) is 14.3. The third-order valence-corrected chi connectivity index (χ3v) is 2.52. The number of nitrogens with zero attached hydrogens (tertiary/aromatic N) is 4. The summed E-state index contributed by atoms with van der Waals surface area (Å²) < 4.78 is 0. The molecule has 0 aliphatic carbocycles. The largest absolute Gasteiger partial charge is 0.384 e. The van der Waals surface area contributed by atoms with Gasteiger partial charge < -0.3 is 11.5 Å². The Morgan fingerprint density at radius 1 is 0.708 bits per heavy atom. The second-order valence-electron chi connectivity index (χ2n) is 4.20. The lowest BCUT2D eigenvalue weighted by Crippen LogP contribution is -1.95. The average molecular weight is 365 g/mol. The summed E-state index contributed by atoms with van der Waals surface area (Å²) in [5, 5.41) is 8.03. The van der Waals surface area contributed by atoms with Crippen molar-refractivity contribution in [3.63, 3.8) is 0 Å². The van der Waals surface area contributed by atoms with Gasteiger partial charge in [-0.2, -0.15) is 5.11 Å². The predicted molar refractivity (Wildman–Crippen MR) is 102 cm³/mol. The second kappa shape index (κ2) is 11.8. The molecule has 8 heteroatoms. The van der Waals surface area contributed by atoms with E-state index in [2.05, 4.69) is 20.2 Å². The van der Waals surface area contributed by atoms with Crippen LogP contribution in [0.15, 0.2) is 83.3 Å². The van der Waals surface area contributed by atoms with Crippen LogP contribution in [0.5, 0.6) is 0 Å². The van der Waals surface area contributed by atoms with Crippen molar-refractivity contribution in [1.82, 2.24) is 9.97 Å². The molecule has 24 heavy (non-hydrogen) atoms. The van der Waals surface area contributed by atoms with Crippen LogP contribution < -0.4 is 11.5 Å². The molecule has 0 saturated heterocycles. The summed E-state index contributed by atoms with van der Waals surface area (Å²) in [5.41, 5.74) is 12.4. The first-order valence-electron chi connectivity index (χ1n) is 6.59. The number of benzene rings is 1. The maximum Gasteiger partial charge on any atom is 0.153 e. The quantitative estimate of drug-likeness (QED) is 0.649. The van der Waals surface area contributed by atoms with Gasteiger partial charge in [-0.1, -0.05) is 24.3 Å². The van der Waals surface area contributed by atoms with E-state index in [1.165, 1.54) is 0 Å². The Hall–Kier alpha value is -2.70. The monoisotopic (exact) mass is 364 g/mol. The number of nitrogen functional groups attached to an aromatic ring is 2. The Balaban J connectivity index is 0.000000565. The molecule has 6 nitrogen and oxygen atoms in total. The van der Waals surface area contributed by atoms with Crippen LogP contribution in [-0.2, 0) is 0 Å². The molecule has 0 fully saturated rings. The first-order chi connectivity index (χ1) is 10.8. The molecule has 0 bridgehead atoms. The molecular formula is C16H18Cl2N6. The van der Waals surface area contributed by atoms with Crippen LogP contribution in [0, 0.1) is 0 Å². The van der Waals surface area contributed by atoms with Gasteiger partial charge in [-0.25, -0.2) is 4.98 Å². The lowest BCUT2D eigenvalue weighted by molar-refractivity contribution is 1.21. The lowest BCUT2D eigenvalue weighted by atomic mass is 10.3. The van der Waals surface area contributed by atoms with Crippen LogP contribution in [0.1, 0.15) is 0 Å². The Morgan fingerprint density at radius 3 is 1.83 bits per heavy atom. The van der Waals surface area contributed by atoms with Gasteiger partial charge >= 0.3 is 0 Å². The van der Waals surface area contributed by atoms with Crippen LogP contribution in [0.25, 0.3) is 0 Å². The highest BCUT2D eigenvalue weighted by atomic mass is 35.5.